The van der Waals surface area contributed by atoms with Crippen molar-refractivity contribution in [2.75, 3.05) is 0 Å². The molecule has 0 amide bonds. The lowest BCUT2D eigenvalue weighted by Gasteiger charge is -2.16. The Morgan fingerprint density at radius 3 is 1.51 bits per heavy atom. The van der Waals surface area contributed by atoms with Crippen LogP contribution in [-0.2, 0) is 0 Å². The molecule has 61 heavy (non-hydrogen) atoms. The summed E-state index contributed by atoms with van der Waals surface area (Å²) in [5, 5.41) is 9.56. The molecule has 10 aromatic carbocycles. The van der Waals surface area contributed by atoms with E-state index >= 15 is 0 Å². The molecule has 0 N–H and O–H groups in total. The molecule has 4 heteroatoms. The fourth-order valence-corrected chi connectivity index (χ4v) is 9.05. The van der Waals surface area contributed by atoms with E-state index in [1.807, 2.05) is 24.3 Å². The molecule has 2 aromatic heterocycles. The van der Waals surface area contributed by atoms with Gasteiger partial charge in [-0.2, -0.15) is 0 Å². The second kappa shape index (κ2) is 14.3. The van der Waals surface area contributed by atoms with Crippen LogP contribution in [-0.4, -0.2) is 19.5 Å². The number of hydrogen-bond donors (Lipinski definition) is 0. The van der Waals surface area contributed by atoms with Crippen molar-refractivity contribution in [3.63, 3.8) is 0 Å². The van der Waals surface area contributed by atoms with Crippen LogP contribution in [0.3, 0.4) is 0 Å². The molecular formula is C57H36N4. The highest BCUT2D eigenvalue weighted by Crippen LogP contribution is 2.42. The average Bonchev–Trinajstić information content (AvgIpc) is 3.66. The van der Waals surface area contributed by atoms with Gasteiger partial charge in [-0.25, -0.2) is 15.0 Å². The Bertz CT molecular complexity index is 3610. The number of aromatic nitrogens is 4. The Morgan fingerprint density at radius 1 is 0.279 bits per heavy atom. The first-order chi connectivity index (χ1) is 30.2. The van der Waals surface area contributed by atoms with Gasteiger partial charge in [0.2, 0.25) is 0 Å². The monoisotopic (exact) mass is 776 g/mol. The Morgan fingerprint density at radius 2 is 0.803 bits per heavy atom. The second-order valence-electron chi connectivity index (χ2n) is 15.6. The van der Waals surface area contributed by atoms with Crippen molar-refractivity contribution in [1.29, 1.82) is 0 Å². The fourth-order valence-electron chi connectivity index (χ4n) is 9.05. The third kappa shape index (κ3) is 5.96. The first-order valence-corrected chi connectivity index (χ1v) is 20.7. The summed E-state index contributed by atoms with van der Waals surface area (Å²) in [5.74, 6) is 1.88. The van der Waals surface area contributed by atoms with E-state index in [0.717, 1.165) is 55.4 Å². The zero-order chi connectivity index (χ0) is 40.3. The summed E-state index contributed by atoms with van der Waals surface area (Å²) in [6, 6.07) is 77.7. The van der Waals surface area contributed by atoms with Gasteiger partial charge in [0.15, 0.2) is 17.5 Å². The van der Waals surface area contributed by atoms with Crippen molar-refractivity contribution in [3.8, 4) is 62.1 Å². The van der Waals surface area contributed by atoms with Crippen molar-refractivity contribution in [3.05, 3.63) is 218 Å². The van der Waals surface area contributed by atoms with Crippen LogP contribution in [0.5, 0.6) is 0 Å². The zero-order valence-corrected chi connectivity index (χ0v) is 33.1. The molecule has 0 saturated carbocycles. The maximum Gasteiger partial charge on any atom is 0.164 e. The third-order valence-corrected chi connectivity index (χ3v) is 12.0. The van der Waals surface area contributed by atoms with Crippen LogP contribution in [0.2, 0.25) is 0 Å². The smallest absolute Gasteiger partial charge is 0.164 e. The van der Waals surface area contributed by atoms with Gasteiger partial charge >= 0.3 is 0 Å². The standard InChI is InChI=1S/C57H36N4/c1-4-14-37(15-5-1)39-24-26-42(27-25-39)56-58-55(41-19-8-3-9-20-41)59-57(60-56)48-31-33-51(47-30-28-45(34-49(47)48)38-16-6-2-7-17-38)61-52-32-29-40-18-12-13-23-46(40)54(52)50-35-43-21-10-11-22-44(43)36-53(50)61/h1-36H. The van der Waals surface area contributed by atoms with Crippen LogP contribution < -0.4 is 0 Å². The Hall–Kier alpha value is -8.21. The van der Waals surface area contributed by atoms with Gasteiger partial charge in [-0.3, -0.25) is 0 Å². The third-order valence-electron chi connectivity index (χ3n) is 12.0. The highest BCUT2D eigenvalue weighted by molar-refractivity contribution is 6.24. The van der Waals surface area contributed by atoms with Crippen LogP contribution >= 0.6 is 0 Å². The predicted molar refractivity (Wildman–Crippen MR) is 254 cm³/mol. The molecule has 2 heterocycles. The molecule has 0 unspecified atom stereocenters. The molecular weight excluding hydrogens is 741 g/mol. The largest absolute Gasteiger partial charge is 0.309 e. The number of benzene rings is 10. The van der Waals surface area contributed by atoms with Crippen molar-refractivity contribution < 1.29 is 0 Å². The van der Waals surface area contributed by atoms with Crippen molar-refractivity contribution >= 4 is 54.1 Å². The first kappa shape index (κ1) is 34.8. The highest BCUT2D eigenvalue weighted by Gasteiger charge is 2.21. The molecule has 0 radical (unpaired) electrons. The fraction of sp³-hybridized carbons (Fsp3) is 0. The van der Waals surface area contributed by atoms with Crippen LogP contribution in [0.1, 0.15) is 0 Å². The summed E-state index contributed by atoms with van der Waals surface area (Å²) in [6.45, 7) is 0. The van der Waals surface area contributed by atoms with Gasteiger partial charge in [0.25, 0.3) is 0 Å². The normalized spacial score (nSPS) is 11.6. The molecule has 0 aliphatic heterocycles. The summed E-state index contributed by atoms with van der Waals surface area (Å²) in [7, 11) is 0. The lowest BCUT2D eigenvalue weighted by atomic mass is 9.96. The Balaban J connectivity index is 1.13. The van der Waals surface area contributed by atoms with Gasteiger partial charge in [0.05, 0.1) is 16.7 Å². The van der Waals surface area contributed by atoms with Crippen LogP contribution in [0.15, 0.2) is 218 Å². The lowest BCUT2D eigenvalue weighted by Crippen LogP contribution is -2.02. The van der Waals surface area contributed by atoms with Gasteiger partial charge in [-0.15, -0.1) is 0 Å². The average molecular weight is 777 g/mol. The second-order valence-corrected chi connectivity index (χ2v) is 15.6. The van der Waals surface area contributed by atoms with Crippen LogP contribution in [0.4, 0.5) is 0 Å². The van der Waals surface area contributed by atoms with E-state index in [0.29, 0.717) is 17.5 Å². The number of fused-ring (bicyclic) bond motifs is 7. The molecule has 0 aliphatic rings. The Labute approximate surface area is 352 Å². The summed E-state index contributed by atoms with van der Waals surface area (Å²) in [5.41, 5.74) is 10.8. The first-order valence-electron chi connectivity index (χ1n) is 20.7. The highest BCUT2D eigenvalue weighted by atomic mass is 15.0. The SMILES string of the molecule is c1ccc(-c2ccc(-c3nc(-c4ccccc4)nc(-c4ccc(-n5c6cc7ccccc7cc6c6c7ccccc7ccc65)c5ccc(-c6ccccc6)cc45)n3)cc2)cc1. The summed E-state index contributed by atoms with van der Waals surface area (Å²) >= 11 is 0. The van der Waals surface area contributed by atoms with Crippen LogP contribution in [0, 0.1) is 0 Å². The van der Waals surface area contributed by atoms with E-state index in [1.54, 1.807) is 0 Å². The maximum absolute atomic E-state index is 5.29. The van der Waals surface area contributed by atoms with Crippen molar-refractivity contribution in [1.82, 2.24) is 19.5 Å². The molecule has 0 spiro atoms. The van der Waals surface area contributed by atoms with Gasteiger partial charge < -0.3 is 4.57 Å². The van der Waals surface area contributed by atoms with Crippen molar-refractivity contribution in [2.45, 2.75) is 0 Å². The summed E-state index contributed by atoms with van der Waals surface area (Å²) < 4.78 is 2.46. The summed E-state index contributed by atoms with van der Waals surface area (Å²) in [4.78, 5) is 15.6. The van der Waals surface area contributed by atoms with Gasteiger partial charge in [-0.1, -0.05) is 182 Å². The topological polar surface area (TPSA) is 43.6 Å². The van der Waals surface area contributed by atoms with Gasteiger partial charge in [0, 0.05) is 32.8 Å². The maximum atomic E-state index is 5.29. The molecule has 4 nitrogen and oxygen atoms in total. The van der Waals surface area contributed by atoms with E-state index in [4.69, 9.17) is 15.0 Å². The van der Waals surface area contributed by atoms with E-state index in [9.17, 15) is 0 Å². The van der Waals surface area contributed by atoms with Gasteiger partial charge in [0.1, 0.15) is 0 Å². The quantitative estimate of drug-likeness (QED) is 0.169. The number of nitrogens with zero attached hydrogens (tertiary/aromatic N) is 4. The Kier molecular flexibility index (Phi) is 8.13. The molecule has 0 aliphatic carbocycles. The van der Waals surface area contributed by atoms with Crippen molar-refractivity contribution in [2.24, 2.45) is 0 Å². The molecule has 284 valence electrons. The van der Waals surface area contributed by atoms with E-state index in [-0.39, 0.29) is 0 Å². The predicted octanol–water partition coefficient (Wildman–Crippen LogP) is 14.8. The minimum atomic E-state index is 0.622. The molecule has 0 saturated heterocycles. The number of hydrogen-bond acceptors (Lipinski definition) is 3. The number of rotatable bonds is 6. The molecule has 0 atom stereocenters. The minimum Gasteiger partial charge on any atom is -0.309 e. The molecule has 12 rings (SSSR count). The summed E-state index contributed by atoms with van der Waals surface area (Å²) in [6.07, 6.45) is 0. The van der Waals surface area contributed by atoms with E-state index in [2.05, 4.69) is 199 Å². The lowest BCUT2D eigenvalue weighted by molar-refractivity contribution is 1.08. The molecule has 12 aromatic rings. The van der Waals surface area contributed by atoms with Gasteiger partial charge in [-0.05, 0) is 85.6 Å². The van der Waals surface area contributed by atoms with Crippen LogP contribution in [0.25, 0.3) is 116 Å². The van der Waals surface area contributed by atoms with E-state index < -0.39 is 0 Å². The minimum absolute atomic E-state index is 0.622. The molecule has 0 fully saturated rings. The molecule has 0 bridgehead atoms. The van der Waals surface area contributed by atoms with E-state index in [1.165, 1.54) is 43.4 Å². The zero-order valence-electron chi connectivity index (χ0n) is 33.1.